The molecule has 0 radical (unpaired) electrons. The highest BCUT2D eigenvalue weighted by Crippen LogP contribution is 2.14. The molecule has 2 amide bonds. The summed E-state index contributed by atoms with van der Waals surface area (Å²) in [7, 11) is 0. The van der Waals surface area contributed by atoms with Crippen molar-refractivity contribution in [2.45, 2.75) is 45.1 Å². The van der Waals surface area contributed by atoms with Gasteiger partial charge in [0, 0.05) is 13.1 Å². The minimum Gasteiger partial charge on any atom is -0.480 e. The van der Waals surface area contributed by atoms with Gasteiger partial charge in [0.15, 0.2) is 0 Å². The molecular formula is C20H28N2O6S. The number of ether oxygens (including phenoxy) is 2. The first-order valence-corrected chi connectivity index (χ1v) is 10.7. The van der Waals surface area contributed by atoms with Gasteiger partial charge in [0.05, 0.1) is 18.0 Å². The Labute approximate surface area is 174 Å². The molecule has 0 aromatic heterocycles. The van der Waals surface area contributed by atoms with E-state index in [4.69, 9.17) is 9.47 Å². The van der Waals surface area contributed by atoms with Gasteiger partial charge in [-0.05, 0) is 31.6 Å². The van der Waals surface area contributed by atoms with Crippen LogP contribution < -0.4 is 5.32 Å². The van der Waals surface area contributed by atoms with Crippen LogP contribution in [0.25, 0.3) is 0 Å². The first-order chi connectivity index (χ1) is 13.8. The zero-order chi connectivity index (χ0) is 21.2. The number of aliphatic carboxylic acids is 1. The van der Waals surface area contributed by atoms with Crippen molar-refractivity contribution in [3.63, 3.8) is 0 Å². The molecule has 3 atom stereocenters. The van der Waals surface area contributed by atoms with Crippen molar-refractivity contribution < 1.29 is 29.0 Å². The topological polar surface area (TPSA) is 105 Å². The van der Waals surface area contributed by atoms with Gasteiger partial charge in [-0.1, -0.05) is 30.3 Å². The summed E-state index contributed by atoms with van der Waals surface area (Å²) in [6.45, 7) is 5.07. The van der Waals surface area contributed by atoms with E-state index in [-0.39, 0.29) is 36.9 Å². The molecule has 1 aliphatic rings. The second-order valence-electron chi connectivity index (χ2n) is 6.99. The Morgan fingerprint density at radius 2 is 1.90 bits per heavy atom. The van der Waals surface area contributed by atoms with Gasteiger partial charge in [-0.15, -0.1) is 0 Å². The Hall–Kier alpha value is -2.26. The molecule has 29 heavy (non-hydrogen) atoms. The zero-order valence-electron chi connectivity index (χ0n) is 16.7. The number of carbonyl (C=O) groups is 3. The number of alkyl carbamates (subject to hydrolysis) is 1. The van der Waals surface area contributed by atoms with Gasteiger partial charge in [0.2, 0.25) is 5.91 Å². The van der Waals surface area contributed by atoms with Crippen LogP contribution in [0.3, 0.4) is 0 Å². The van der Waals surface area contributed by atoms with Gasteiger partial charge >= 0.3 is 12.1 Å². The van der Waals surface area contributed by atoms with Crippen LogP contribution in [-0.2, 0) is 25.7 Å². The summed E-state index contributed by atoms with van der Waals surface area (Å²) < 4.78 is 10.7. The number of carbonyl (C=O) groups excluding carboxylic acids is 2. The summed E-state index contributed by atoms with van der Waals surface area (Å²) in [4.78, 5) is 37.3. The van der Waals surface area contributed by atoms with Gasteiger partial charge < -0.3 is 24.8 Å². The van der Waals surface area contributed by atoms with Crippen LogP contribution in [0.5, 0.6) is 0 Å². The molecule has 0 saturated carbocycles. The fourth-order valence-corrected chi connectivity index (χ4v) is 3.90. The normalized spacial score (nSPS) is 20.0. The van der Waals surface area contributed by atoms with Gasteiger partial charge in [0.1, 0.15) is 12.6 Å². The molecule has 3 unspecified atom stereocenters. The van der Waals surface area contributed by atoms with Crippen molar-refractivity contribution in [2.75, 3.05) is 24.6 Å². The number of amides is 2. The predicted molar refractivity (Wildman–Crippen MR) is 110 cm³/mol. The van der Waals surface area contributed by atoms with Crippen LogP contribution in [0, 0.1) is 0 Å². The Bertz CT molecular complexity index is 677. The smallest absolute Gasteiger partial charge is 0.408 e. The fraction of sp³-hybridized carbons (Fsp3) is 0.550. The van der Waals surface area contributed by atoms with E-state index in [1.807, 2.05) is 44.2 Å². The summed E-state index contributed by atoms with van der Waals surface area (Å²) in [6.07, 6.45) is -0.562. The molecule has 2 rings (SSSR count). The number of rotatable bonds is 9. The molecule has 1 saturated heterocycles. The lowest BCUT2D eigenvalue weighted by molar-refractivity contribution is -0.140. The highest BCUT2D eigenvalue weighted by atomic mass is 32.2. The van der Waals surface area contributed by atoms with Crippen LogP contribution in [0.2, 0.25) is 0 Å². The van der Waals surface area contributed by atoms with E-state index >= 15 is 0 Å². The van der Waals surface area contributed by atoms with Gasteiger partial charge in [-0.2, -0.15) is 11.8 Å². The standard InChI is InChI=1S/C20H28N2O6S/c1-14-10-22(11-15(2)28-14)18(23)13-29-9-8-17(19(24)25)21-20(26)27-12-16-6-4-3-5-7-16/h3-7,14-15,17H,8-13H2,1-2H3,(H,21,26)(H,24,25). The van der Waals surface area contributed by atoms with E-state index < -0.39 is 18.1 Å². The molecule has 160 valence electrons. The summed E-state index contributed by atoms with van der Waals surface area (Å²) in [5.74, 6) is -0.426. The number of morpholine rings is 1. The number of carboxylic acid groups (broad SMARTS) is 1. The average Bonchev–Trinajstić information content (AvgIpc) is 2.68. The van der Waals surface area contributed by atoms with Crippen molar-refractivity contribution in [1.82, 2.24) is 10.2 Å². The largest absolute Gasteiger partial charge is 0.480 e. The Morgan fingerprint density at radius 3 is 2.52 bits per heavy atom. The van der Waals surface area contributed by atoms with Gasteiger partial charge in [0.25, 0.3) is 0 Å². The molecule has 1 aromatic carbocycles. The molecule has 2 N–H and O–H groups in total. The van der Waals surface area contributed by atoms with E-state index in [9.17, 15) is 19.5 Å². The number of hydrogen-bond acceptors (Lipinski definition) is 6. The average molecular weight is 425 g/mol. The van der Waals surface area contributed by atoms with E-state index in [1.54, 1.807) is 4.90 Å². The first-order valence-electron chi connectivity index (χ1n) is 9.56. The van der Waals surface area contributed by atoms with Crippen molar-refractivity contribution in [3.05, 3.63) is 35.9 Å². The molecule has 0 aliphatic carbocycles. The van der Waals surface area contributed by atoms with Crippen LogP contribution in [-0.4, -0.2) is 70.8 Å². The van der Waals surface area contributed by atoms with Crippen molar-refractivity contribution in [3.8, 4) is 0 Å². The predicted octanol–water partition coefficient (Wildman–Crippen LogP) is 2.13. The van der Waals surface area contributed by atoms with Crippen LogP contribution in [0.15, 0.2) is 30.3 Å². The summed E-state index contributed by atoms with van der Waals surface area (Å²) >= 11 is 1.35. The lowest BCUT2D eigenvalue weighted by atomic mass is 10.2. The first kappa shape index (κ1) is 23.0. The molecule has 1 heterocycles. The lowest BCUT2D eigenvalue weighted by Crippen LogP contribution is -2.48. The number of hydrogen-bond donors (Lipinski definition) is 2. The fourth-order valence-electron chi connectivity index (χ4n) is 3.00. The van der Waals surface area contributed by atoms with E-state index in [1.165, 1.54) is 11.8 Å². The quantitative estimate of drug-likeness (QED) is 0.585. The molecule has 1 aliphatic heterocycles. The summed E-state index contributed by atoms with van der Waals surface area (Å²) in [5.41, 5.74) is 0.815. The summed E-state index contributed by atoms with van der Waals surface area (Å²) in [5, 5.41) is 11.7. The monoisotopic (exact) mass is 424 g/mol. The minimum absolute atomic E-state index is 0.00943. The second kappa shape index (κ2) is 11.7. The van der Waals surface area contributed by atoms with Gasteiger partial charge in [-0.3, -0.25) is 4.79 Å². The molecular weight excluding hydrogens is 396 g/mol. The van der Waals surface area contributed by atoms with Crippen molar-refractivity contribution in [2.24, 2.45) is 0 Å². The highest BCUT2D eigenvalue weighted by molar-refractivity contribution is 7.99. The molecule has 9 heteroatoms. The number of nitrogens with one attached hydrogen (secondary N) is 1. The Balaban J connectivity index is 1.68. The van der Waals surface area contributed by atoms with Crippen LogP contribution in [0.4, 0.5) is 4.79 Å². The van der Waals surface area contributed by atoms with Crippen molar-refractivity contribution >= 4 is 29.7 Å². The minimum atomic E-state index is -1.13. The number of carboxylic acids is 1. The van der Waals surface area contributed by atoms with Crippen molar-refractivity contribution in [1.29, 1.82) is 0 Å². The van der Waals surface area contributed by atoms with Crippen LogP contribution >= 0.6 is 11.8 Å². The molecule has 0 bridgehead atoms. The van der Waals surface area contributed by atoms with Gasteiger partial charge in [-0.25, -0.2) is 9.59 Å². The maximum atomic E-state index is 12.3. The van der Waals surface area contributed by atoms with E-state index in [2.05, 4.69) is 5.32 Å². The van der Waals surface area contributed by atoms with E-state index in [0.717, 1.165) is 5.56 Å². The number of benzene rings is 1. The maximum Gasteiger partial charge on any atom is 0.408 e. The molecule has 1 aromatic rings. The zero-order valence-corrected chi connectivity index (χ0v) is 17.5. The third kappa shape index (κ3) is 8.33. The number of nitrogens with zero attached hydrogens (tertiary/aromatic N) is 1. The highest BCUT2D eigenvalue weighted by Gasteiger charge is 2.26. The molecule has 1 fully saturated rings. The third-order valence-electron chi connectivity index (χ3n) is 4.35. The van der Waals surface area contributed by atoms with E-state index in [0.29, 0.717) is 18.8 Å². The van der Waals surface area contributed by atoms with Crippen LogP contribution in [0.1, 0.15) is 25.8 Å². The summed E-state index contributed by atoms with van der Waals surface area (Å²) in [6, 6.07) is 8.06. The second-order valence-corrected chi connectivity index (χ2v) is 8.10. The SMILES string of the molecule is CC1CN(C(=O)CSCCC(NC(=O)OCc2ccccc2)C(=O)O)CC(C)O1. The Kier molecular flexibility index (Phi) is 9.27. The molecule has 8 nitrogen and oxygen atoms in total. The number of thioether (sulfide) groups is 1. The Morgan fingerprint density at radius 1 is 1.24 bits per heavy atom. The third-order valence-corrected chi connectivity index (χ3v) is 5.33. The molecule has 0 spiro atoms. The maximum absolute atomic E-state index is 12.3. The lowest BCUT2D eigenvalue weighted by Gasteiger charge is -2.35.